The summed E-state index contributed by atoms with van der Waals surface area (Å²) < 4.78 is 0.906. The van der Waals surface area contributed by atoms with E-state index < -0.39 is 5.97 Å². The van der Waals surface area contributed by atoms with Crippen molar-refractivity contribution < 1.29 is 14.7 Å². The highest BCUT2D eigenvalue weighted by Gasteiger charge is 2.09. The van der Waals surface area contributed by atoms with Gasteiger partial charge in [0.05, 0.1) is 6.42 Å². The van der Waals surface area contributed by atoms with Crippen LogP contribution in [0.2, 0.25) is 5.02 Å². The number of carboxylic acids is 1. The Kier molecular flexibility index (Phi) is 6.81. The average molecular weight is 364 g/mol. The number of carbonyl (C=O) groups excluding carboxylic acids is 1. The monoisotopic (exact) mass is 362 g/mol. The quantitative estimate of drug-likeness (QED) is 0.816. The van der Waals surface area contributed by atoms with Crippen molar-refractivity contribution in [1.29, 1.82) is 0 Å². The van der Waals surface area contributed by atoms with Gasteiger partial charge in [-0.3, -0.25) is 4.79 Å². The molecule has 0 fully saturated rings. The lowest BCUT2D eigenvalue weighted by Gasteiger charge is -2.17. The van der Waals surface area contributed by atoms with Crippen LogP contribution in [0, 0.1) is 0 Å². The first-order chi connectivity index (χ1) is 9.40. The summed E-state index contributed by atoms with van der Waals surface area (Å²) in [4.78, 5) is 23.4. The first-order valence-electron chi connectivity index (χ1n) is 6.05. The Morgan fingerprint density at radius 1 is 1.45 bits per heavy atom. The predicted molar refractivity (Wildman–Crippen MR) is 81.1 cm³/mol. The van der Waals surface area contributed by atoms with E-state index in [-0.39, 0.29) is 19.0 Å². The van der Waals surface area contributed by atoms with Crippen molar-refractivity contribution in [3.8, 4) is 0 Å². The molecule has 0 aliphatic heterocycles. The molecule has 0 saturated carbocycles. The number of halogens is 2. The van der Waals surface area contributed by atoms with Gasteiger partial charge >= 0.3 is 12.0 Å². The molecule has 20 heavy (non-hydrogen) atoms. The molecule has 2 N–H and O–H groups in total. The van der Waals surface area contributed by atoms with Gasteiger partial charge in [-0.1, -0.05) is 33.6 Å². The molecule has 0 spiro atoms. The summed E-state index contributed by atoms with van der Waals surface area (Å²) in [5.74, 6) is -0.925. The van der Waals surface area contributed by atoms with Crippen LogP contribution in [0.1, 0.15) is 12.0 Å². The Balaban J connectivity index is 2.36. The molecular weight excluding hydrogens is 348 g/mol. The molecule has 0 atom stereocenters. The molecule has 2 amide bonds. The van der Waals surface area contributed by atoms with Crippen LogP contribution in [-0.2, 0) is 11.2 Å². The van der Waals surface area contributed by atoms with Gasteiger partial charge in [-0.2, -0.15) is 0 Å². The molecule has 1 aromatic carbocycles. The molecule has 5 nitrogen and oxygen atoms in total. The first-order valence-corrected chi connectivity index (χ1v) is 7.22. The average Bonchev–Trinajstić information content (AvgIpc) is 2.38. The second-order valence-corrected chi connectivity index (χ2v) is 5.61. The van der Waals surface area contributed by atoms with Crippen LogP contribution in [0.25, 0.3) is 0 Å². The molecule has 1 aromatic rings. The summed E-state index contributed by atoms with van der Waals surface area (Å²) in [6.07, 6.45) is 0.549. The Labute approximate surface area is 131 Å². The van der Waals surface area contributed by atoms with Crippen LogP contribution >= 0.6 is 27.5 Å². The van der Waals surface area contributed by atoms with E-state index in [2.05, 4.69) is 21.2 Å². The molecule has 0 saturated heterocycles. The zero-order valence-electron chi connectivity index (χ0n) is 11.0. The van der Waals surface area contributed by atoms with Gasteiger partial charge in [0.1, 0.15) is 0 Å². The predicted octanol–water partition coefficient (Wildman–Crippen LogP) is 2.76. The van der Waals surface area contributed by atoms with Crippen molar-refractivity contribution in [2.24, 2.45) is 0 Å². The number of urea groups is 1. The fourth-order valence-corrected chi connectivity index (χ4v) is 2.30. The van der Waals surface area contributed by atoms with Gasteiger partial charge in [-0.05, 0) is 24.1 Å². The number of hydrogen-bond acceptors (Lipinski definition) is 2. The highest BCUT2D eigenvalue weighted by atomic mass is 79.9. The molecule has 110 valence electrons. The minimum absolute atomic E-state index is 0.0670. The second kappa shape index (κ2) is 8.11. The molecular formula is C13H16BrClN2O3. The van der Waals surface area contributed by atoms with Crippen LogP contribution in [0.5, 0.6) is 0 Å². The number of nitrogens with one attached hydrogen (secondary N) is 1. The van der Waals surface area contributed by atoms with Crippen LogP contribution in [0.4, 0.5) is 4.79 Å². The van der Waals surface area contributed by atoms with Gasteiger partial charge in [0.15, 0.2) is 0 Å². The summed E-state index contributed by atoms with van der Waals surface area (Å²) in [5, 5.41) is 11.9. The lowest BCUT2D eigenvalue weighted by Crippen LogP contribution is -2.39. The topological polar surface area (TPSA) is 69.6 Å². The third-order valence-electron chi connectivity index (χ3n) is 2.69. The largest absolute Gasteiger partial charge is 0.481 e. The number of nitrogens with zero attached hydrogens (tertiary/aromatic N) is 1. The van der Waals surface area contributed by atoms with Crippen LogP contribution in [0.15, 0.2) is 22.7 Å². The van der Waals surface area contributed by atoms with E-state index in [9.17, 15) is 9.59 Å². The maximum Gasteiger partial charge on any atom is 0.317 e. The van der Waals surface area contributed by atoms with E-state index >= 15 is 0 Å². The SMILES string of the molecule is CN(CCC(=O)O)C(=O)NCCc1ccc(Br)cc1Cl. The number of amides is 2. The normalized spacial score (nSPS) is 10.2. The summed E-state index contributed by atoms with van der Waals surface area (Å²) in [6.45, 7) is 0.623. The highest BCUT2D eigenvalue weighted by Crippen LogP contribution is 2.21. The molecule has 0 unspecified atom stereocenters. The first kappa shape index (κ1) is 16.8. The second-order valence-electron chi connectivity index (χ2n) is 4.28. The Bertz CT molecular complexity index is 497. The third-order valence-corrected chi connectivity index (χ3v) is 3.54. The highest BCUT2D eigenvalue weighted by molar-refractivity contribution is 9.10. The van der Waals surface area contributed by atoms with Crippen molar-refractivity contribution in [2.75, 3.05) is 20.1 Å². The summed E-state index contributed by atoms with van der Waals surface area (Å²) in [5.41, 5.74) is 0.948. The fraction of sp³-hybridized carbons (Fsp3) is 0.385. The molecule has 0 aliphatic carbocycles. The summed E-state index contributed by atoms with van der Waals surface area (Å²) in [6, 6.07) is 5.30. The van der Waals surface area contributed by atoms with E-state index in [1.165, 1.54) is 4.90 Å². The van der Waals surface area contributed by atoms with E-state index in [4.69, 9.17) is 16.7 Å². The number of rotatable bonds is 6. The number of carbonyl (C=O) groups is 2. The number of hydrogen-bond donors (Lipinski definition) is 2. The molecule has 7 heteroatoms. The van der Waals surface area contributed by atoms with Crippen molar-refractivity contribution in [2.45, 2.75) is 12.8 Å². The lowest BCUT2D eigenvalue weighted by atomic mass is 10.1. The van der Waals surface area contributed by atoms with Crippen LogP contribution in [0.3, 0.4) is 0 Å². The number of carboxylic acid groups (broad SMARTS) is 1. The summed E-state index contributed by atoms with van der Waals surface area (Å²) >= 11 is 9.40. The fourth-order valence-electron chi connectivity index (χ4n) is 1.53. The standard InChI is InChI=1S/C13H16BrClN2O3/c1-17(7-5-12(18)19)13(20)16-6-4-9-2-3-10(14)8-11(9)15/h2-3,8H,4-7H2,1H3,(H,16,20)(H,18,19). The molecule has 0 heterocycles. The molecule has 0 aliphatic rings. The zero-order valence-corrected chi connectivity index (χ0v) is 13.4. The van der Waals surface area contributed by atoms with Gasteiger partial charge < -0.3 is 15.3 Å². The molecule has 0 radical (unpaired) electrons. The van der Waals surface area contributed by atoms with Gasteiger partial charge in [0, 0.05) is 29.6 Å². The third kappa shape index (κ3) is 5.79. The Morgan fingerprint density at radius 2 is 2.15 bits per heavy atom. The van der Waals surface area contributed by atoms with Crippen molar-refractivity contribution >= 4 is 39.5 Å². The maximum atomic E-state index is 11.7. The maximum absolute atomic E-state index is 11.7. The van der Waals surface area contributed by atoms with E-state index in [0.717, 1.165) is 10.0 Å². The number of benzene rings is 1. The van der Waals surface area contributed by atoms with E-state index in [0.29, 0.717) is 18.0 Å². The van der Waals surface area contributed by atoms with Crippen molar-refractivity contribution in [3.63, 3.8) is 0 Å². The van der Waals surface area contributed by atoms with E-state index in [1.807, 2.05) is 12.1 Å². The van der Waals surface area contributed by atoms with Crippen molar-refractivity contribution in [1.82, 2.24) is 10.2 Å². The summed E-state index contributed by atoms with van der Waals surface area (Å²) in [7, 11) is 1.56. The van der Waals surface area contributed by atoms with Crippen LogP contribution < -0.4 is 5.32 Å². The van der Waals surface area contributed by atoms with E-state index in [1.54, 1.807) is 13.1 Å². The molecule has 1 rings (SSSR count). The molecule has 0 aromatic heterocycles. The minimum atomic E-state index is -0.925. The van der Waals surface area contributed by atoms with Gasteiger partial charge in [0.25, 0.3) is 0 Å². The molecule has 0 bridgehead atoms. The van der Waals surface area contributed by atoms with Crippen molar-refractivity contribution in [3.05, 3.63) is 33.3 Å². The zero-order chi connectivity index (χ0) is 15.1. The van der Waals surface area contributed by atoms with Gasteiger partial charge in [-0.25, -0.2) is 4.79 Å². The Hall–Kier alpha value is -1.27. The smallest absolute Gasteiger partial charge is 0.317 e. The van der Waals surface area contributed by atoms with Crippen LogP contribution in [-0.4, -0.2) is 42.1 Å². The Morgan fingerprint density at radius 3 is 2.75 bits per heavy atom. The van der Waals surface area contributed by atoms with Gasteiger partial charge in [0.2, 0.25) is 0 Å². The lowest BCUT2D eigenvalue weighted by molar-refractivity contribution is -0.137. The minimum Gasteiger partial charge on any atom is -0.481 e. The number of aliphatic carboxylic acids is 1. The van der Waals surface area contributed by atoms with Gasteiger partial charge in [-0.15, -0.1) is 0 Å².